The Balaban J connectivity index is 1.70. The summed E-state index contributed by atoms with van der Waals surface area (Å²) in [5.41, 5.74) is 5.89. The van der Waals surface area contributed by atoms with E-state index in [-0.39, 0.29) is 6.61 Å². The zero-order valence-electron chi connectivity index (χ0n) is 16.5. The van der Waals surface area contributed by atoms with Crippen LogP contribution in [0.25, 0.3) is 0 Å². The van der Waals surface area contributed by atoms with Crippen LogP contribution < -0.4 is 0 Å². The SMILES string of the molecule is CCc1ccc(Cc2c(Cl)ccc3c2CCCC32CCC(O)C(CO)O2)cc1. The van der Waals surface area contributed by atoms with Gasteiger partial charge in [0.25, 0.3) is 0 Å². The Kier molecular flexibility index (Phi) is 5.80. The molecule has 2 N–H and O–H groups in total. The van der Waals surface area contributed by atoms with Gasteiger partial charge in [-0.15, -0.1) is 0 Å². The lowest BCUT2D eigenvalue weighted by Crippen LogP contribution is -2.48. The first kappa shape index (κ1) is 19.9. The summed E-state index contributed by atoms with van der Waals surface area (Å²) >= 11 is 6.66. The molecule has 2 aliphatic rings. The molecule has 1 saturated heterocycles. The van der Waals surface area contributed by atoms with Gasteiger partial charge in [-0.05, 0) is 78.8 Å². The van der Waals surface area contributed by atoms with Gasteiger partial charge in [-0.25, -0.2) is 0 Å². The van der Waals surface area contributed by atoms with Gasteiger partial charge in [-0.2, -0.15) is 0 Å². The van der Waals surface area contributed by atoms with Crippen LogP contribution in [-0.2, 0) is 29.6 Å². The normalized spacial score (nSPS) is 27.0. The highest BCUT2D eigenvalue weighted by molar-refractivity contribution is 6.31. The molecule has 0 amide bonds. The summed E-state index contributed by atoms with van der Waals surface area (Å²) in [6, 6.07) is 12.9. The molecule has 1 fully saturated rings. The van der Waals surface area contributed by atoms with Crippen molar-refractivity contribution in [3.63, 3.8) is 0 Å². The van der Waals surface area contributed by atoms with Gasteiger partial charge in [-0.3, -0.25) is 0 Å². The van der Waals surface area contributed by atoms with Gasteiger partial charge in [0, 0.05) is 5.02 Å². The van der Waals surface area contributed by atoms with E-state index < -0.39 is 17.8 Å². The predicted molar refractivity (Wildman–Crippen MR) is 112 cm³/mol. The average molecular weight is 401 g/mol. The van der Waals surface area contributed by atoms with Crippen molar-refractivity contribution in [2.45, 2.75) is 69.7 Å². The van der Waals surface area contributed by atoms with Crippen LogP contribution in [0.15, 0.2) is 36.4 Å². The number of aliphatic hydroxyl groups excluding tert-OH is 2. The van der Waals surface area contributed by atoms with Gasteiger partial charge in [0.05, 0.1) is 18.3 Å². The maximum atomic E-state index is 10.2. The van der Waals surface area contributed by atoms with Crippen LogP contribution in [0.2, 0.25) is 5.02 Å². The molecule has 4 heteroatoms. The molecule has 0 aromatic heterocycles. The van der Waals surface area contributed by atoms with Crippen LogP contribution in [0.3, 0.4) is 0 Å². The summed E-state index contributed by atoms with van der Waals surface area (Å²) in [7, 11) is 0. The molecule has 1 aliphatic carbocycles. The van der Waals surface area contributed by atoms with Crippen molar-refractivity contribution in [3.8, 4) is 0 Å². The topological polar surface area (TPSA) is 49.7 Å². The van der Waals surface area contributed by atoms with E-state index in [0.717, 1.165) is 43.5 Å². The molecule has 1 heterocycles. The van der Waals surface area contributed by atoms with Crippen LogP contribution in [0, 0.1) is 0 Å². The summed E-state index contributed by atoms with van der Waals surface area (Å²) in [6.07, 6.45) is 5.14. The van der Waals surface area contributed by atoms with E-state index in [9.17, 15) is 10.2 Å². The van der Waals surface area contributed by atoms with Crippen LogP contribution >= 0.6 is 11.6 Å². The van der Waals surface area contributed by atoms with Gasteiger partial charge in [0.2, 0.25) is 0 Å². The van der Waals surface area contributed by atoms with Crippen LogP contribution in [-0.4, -0.2) is 29.0 Å². The average Bonchev–Trinajstić information content (AvgIpc) is 2.72. The summed E-state index contributed by atoms with van der Waals surface area (Å²) in [4.78, 5) is 0. The van der Waals surface area contributed by atoms with Gasteiger partial charge < -0.3 is 14.9 Å². The lowest BCUT2D eigenvalue weighted by atomic mass is 9.72. The Morgan fingerprint density at radius 3 is 2.57 bits per heavy atom. The molecule has 0 radical (unpaired) electrons. The Morgan fingerprint density at radius 2 is 1.86 bits per heavy atom. The smallest absolute Gasteiger partial charge is 0.108 e. The van der Waals surface area contributed by atoms with Crippen molar-refractivity contribution >= 4 is 11.6 Å². The number of benzene rings is 2. The van der Waals surface area contributed by atoms with Crippen LogP contribution in [0.5, 0.6) is 0 Å². The maximum Gasteiger partial charge on any atom is 0.108 e. The Labute approximate surface area is 172 Å². The third kappa shape index (κ3) is 3.61. The first-order chi connectivity index (χ1) is 13.6. The number of rotatable bonds is 4. The molecule has 1 aliphatic heterocycles. The van der Waals surface area contributed by atoms with E-state index in [1.54, 1.807) is 0 Å². The summed E-state index contributed by atoms with van der Waals surface area (Å²) in [5.74, 6) is 0. The molecule has 150 valence electrons. The number of ether oxygens (including phenoxy) is 1. The minimum atomic E-state index is -0.593. The van der Waals surface area contributed by atoms with E-state index in [0.29, 0.717) is 6.42 Å². The van der Waals surface area contributed by atoms with Crippen molar-refractivity contribution < 1.29 is 14.9 Å². The highest BCUT2D eigenvalue weighted by Crippen LogP contribution is 2.48. The molecule has 1 spiro atoms. The predicted octanol–water partition coefficient (Wildman–Crippen LogP) is 4.56. The fourth-order valence-corrected chi connectivity index (χ4v) is 5.13. The minimum absolute atomic E-state index is 0.150. The molecule has 3 nitrogen and oxygen atoms in total. The molecule has 3 atom stereocenters. The largest absolute Gasteiger partial charge is 0.394 e. The van der Waals surface area contributed by atoms with Crippen molar-refractivity contribution in [1.29, 1.82) is 0 Å². The first-order valence-electron chi connectivity index (χ1n) is 10.4. The zero-order valence-corrected chi connectivity index (χ0v) is 17.2. The summed E-state index contributed by atoms with van der Waals surface area (Å²) < 4.78 is 6.34. The van der Waals surface area contributed by atoms with Crippen molar-refractivity contribution in [2.75, 3.05) is 6.61 Å². The first-order valence-corrected chi connectivity index (χ1v) is 10.8. The van der Waals surface area contributed by atoms with E-state index in [2.05, 4.69) is 37.3 Å². The number of fused-ring (bicyclic) bond motifs is 2. The van der Waals surface area contributed by atoms with E-state index >= 15 is 0 Å². The monoisotopic (exact) mass is 400 g/mol. The zero-order chi connectivity index (χ0) is 19.7. The molecule has 0 bridgehead atoms. The van der Waals surface area contributed by atoms with Gasteiger partial charge in [-0.1, -0.05) is 48.9 Å². The standard InChI is InChI=1S/C24H29ClO3/c1-2-16-5-7-17(8-6-16)14-19-18-4-3-12-24(20(18)9-10-21(19)25)13-11-22(27)23(15-26)28-24/h5-10,22-23,26-27H,2-4,11-15H2,1H3. The molecular formula is C24H29ClO3. The molecule has 4 rings (SSSR count). The number of halogens is 1. The van der Waals surface area contributed by atoms with E-state index in [1.165, 1.54) is 27.8 Å². The van der Waals surface area contributed by atoms with Gasteiger partial charge >= 0.3 is 0 Å². The van der Waals surface area contributed by atoms with Crippen LogP contribution in [0.1, 0.15) is 60.4 Å². The lowest BCUT2D eigenvalue weighted by molar-refractivity contribution is -0.197. The Morgan fingerprint density at radius 1 is 1.11 bits per heavy atom. The second-order valence-electron chi connectivity index (χ2n) is 8.19. The van der Waals surface area contributed by atoms with Gasteiger partial charge in [0.15, 0.2) is 0 Å². The number of aliphatic hydroxyl groups is 2. The number of aryl methyl sites for hydroxylation is 1. The van der Waals surface area contributed by atoms with Crippen molar-refractivity contribution in [1.82, 2.24) is 0 Å². The third-order valence-electron chi connectivity index (χ3n) is 6.51. The van der Waals surface area contributed by atoms with E-state index in [1.807, 2.05) is 6.07 Å². The van der Waals surface area contributed by atoms with Gasteiger partial charge in [0.1, 0.15) is 6.10 Å². The fourth-order valence-electron chi connectivity index (χ4n) is 4.89. The number of hydrogen-bond donors (Lipinski definition) is 2. The van der Waals surface area contributed by atoms with E-state index in [4.69, 9.17) is 16.3 Å². The molecule has 0 saturated carbocycles. The summed E-state index contributed by atoms with van der Waals surface area (Å²) in [6.45, 7) is 2.02. The molecule has 28 heavy (non-hydrogen) atoms. The Bertz CT molecular complexity index is 832. The van der Waals surface area contributed by atoms with Crippen molar-refractivity contribution in [2.24, 2.45) is 0 Å². The quantitative estimate of drug-likeness (QED) is 0.791. The second kappa shape index (κ2) is 8.16. The second-order valence-corrected chi connectivity index (χ2v) is 8.60. The van der Waals surface area contributed by atoms with Crippen molar-refractivity contribution in [3.05, 3.63) is 69.2 Å². The molecule has 2 aromatic carbocycles. The molecular weight excluding hydrogens is 372 g/mol. The Hall–Kier alpha value is -1.39. The number of hydrogen-bond acceptors (Lipinski definition) is 3. The lowest BCUT2D eigenvalue weighted by Gasteiger charge is -2.46. The fraction of sp³-hybridized carbons (Fsp3) is 0.500. The van der Waals surface area contributed by atoms with Crippen LogP contribution in [0.4, 0.5) is 0 Å². The maximum absolute atomic E-state index is 10.2. The summed E-state index contributed by atoms with van der Waals surface area (Å²) in [5, 5.41) is 20.6. The molecule has 2 aromatic rings. The molecule has 3 unspecified atom stereocenters. The highest BCUT2D eigenvalue weighted by atomic mass is 35.5. The third-order valence-corrected chi connectivity index (χ3v) is 6.87. The highest BCUT2D eigenvalue weighted by Gasteiger charge is 2.45. The minimum Gasteiger partial charge on any atom is -0.394 e.